The molecule has 1 aromatic rings. The molecule has 0 spiro atoms. The van der Waals surface area contributed by atoms with Crippen molar-refractivity contribution in [2.75, 3.05) is 58.8 Å². The molecule has 0 saturated carbocycles. The summed E-state index contributed by atoms with van der Waals surface area (Å²) < 4.78 is 5.29. The highest BCUT2D eigenvalue weighted by atomic mass is 16.6. The number of piperazine rings is 1. The Morgan fingerprint density at radius 1 is 1.16 bits per heavy atom. The second kappa shape index (κ2) is 7.14. The summed E-state index contributed by atoms with van der Waals surface area (Å²) in [6.45, 7) is 4.50. The predicted octanol–water partition coefficient (Wildman–Crippen LogP) is 2.20. The maximum Gasteiger partial charge on any atom is 0.311 e. The van der Waals surface area contributed by atoms with Crippen molar-refractivity contribution in [3.8, 4) is 5.75 Å². The van der Waals surface area contributed by atoms with E-state index in [1.807, 2.05) is 25.4 Å². The molecule has 134 valence electrons. The number of benzene rings is 1. The monoisotopic (exact) mass is 344 g/mol. The fourth-order valence-corrected chi connectivity index (χ4v) is 3.18. The van der Waals surface area contributed by atoms with Crippen molar-refractivity contribution in [2.45, 2.75) is 0 Å². The average Bonchev–Trinajstić information content (AvgIpc) is 2.62. The number of allylic oxidation sites excluding steroid dienone is 2. The van der Waals surface area contributed by atoms with E-state index in [2.05, 4.69) is 27.8 Å². The minimum absolute atomic E-state index is 0.00334. The van der Waals surface area contributed by atoms with Gasteiger partial charge in [-0.25, -0.2) is 0 Å². The van der Waals surface area contributed by atoms with Crippen LogP contribution in [0.5, 0.6) is 5.75 Å². The first kappa shape index (κ1) is 17.3. The first-order chi connectivity index (χ1) is 12.0. The van der Waals surface area contributed by atoms with Crippen molar-refractivity contribution >= 4 is 16.9 Å². The number of ether oxygens (including phenoxy) is 1. The zero-order valence-electron chi connectivity index (χ0n) is 14.9. The standard InChI is InChI=1S/C18H24N4O3/c1-19-6-4-14(5-7-19)15-12-17(22(23)24)18(25-3)13-16(15)21-10-8-20(2)9-11-21/h4-6,12-13H,7-11H2,1-3H3. The van der Waals surface area contributed by atoms with Gasteiger partial charge in [-0.1, -0.05) is 6.08 Å². The maximum absolute atomic E-state index is 11.5. The van der Waals surface area contributed by atoms with E-state index in [1.165, 1.54) is 7.11 Å². The zero-order chi connectivity index (χ0) is 18.0. The summed E-state index contributed by atoms with van der Waals surface area (Å²) in [5, 5.41) is 11.5. The molecule has 7 nitrogen and oxygen atoms in total. The Bertz CT molecular complexity index is 721. The van der Waals surface area contributed by atoms with Gasteiger partial charge in [0.1, 0.15) is 0 Å². The minimum Gasteiger partial charge on any atom is -0.490 e. The van der Waals surface area contributed by atoms with E-state index in [4.69, 9.17) is 4.74 Å². The lowest BCUT2D eigenvalue weighted by atomic mass is 9.99. The summed E-state index contributed by atoms with van der Waals surface area (Å²) in [6, 6.07) is 3.46. The van der Waals surface area contributed by atoms with E-state index in [0.717, 1.165) is 49.5 Å². The van der Waals surface area contributed by atoms with Crippen molar-refractivity contribution in [1.82, 2.24) is 9.80 Å². The van der Waals surface area contributed by atoms with E-state index >= 15 is 0 Å². The molecule has 3 rings (SSSR count). The van der Waals surface area contributed by atoms with Gasteiger partial charge in [0, 0.05) is 63.2 Å². The van der Waals surface area contributed by atoms with E-state index < -0.39 is 0 Å². The molecule has 0 bridgehead atoms. The Labute approximate surface area is 147 Å². The lowest BCUT2D eigenvalue weighted by Crippen LogP contribution is -2.44. The molecule has 1 fully saturated rings. The number of anilines is 1. The highest BCUT2D eigenvalue weighted by Gasteiger charge is 2.25. The number of nitro benzene ring substituents is 1. The summed E-state index contributed by atoms with van der Waals surface area (Å²) in [7, 11) is 5.59. The number of rotatable bonds is 4. The van der Waals surface area contributed by atoms with Crippen LogP contribution >= 0.6 is 0 Å². The van der Waals surface area contributed by atoms with Crippen LogP contribution in [-0.4, -0.2) is 68.7 Å². The first-order valence-electron chi connectivity index (χ1n) is 8.38. The zero-order valence-corrected chi connectivity index (χ0v) is 14.9. The SMILES string of the molecule is COc1cc(N2CCN(C)CC2)c(C2=CCN(C)C=C2)cc1[N+](=O)[O-]. The molecule has 2 heterocycles. The lowest BCUT2D eigenvalue weighted by molar-refractivity contribution is -0.385. The number of hydrogen-bond acceptors (Lipinski definition) is 6. The Kier molecular flexibility index (Phi) is 4.94. The summed E-state index contributed by atoms with van der Waals surface area (Å²) in [4.78, 5) is 17.7. The van der Waals surface area contributed by atoms with Crippen molar-refractivity contribution in [3.63, 3.8) is 0 Å². The van der Waals surface area contributed by atoms with E-state index in [0.29, 0.717) is 5.75 Å². The van der Waals surface area contributed by atoms with Crippen molar-refractivity contribution in [2.24, 2.45) is 0 Å². The molecule has 0 N–H and O–H groups in total. The van der Waals surface area contributed by atoms with Gasteiger partial charge in [0.25, 0.3) is 0 Å². The molecular weight excluding hydrogens is 320 g/mol. The second-order valence-corrected chi connectivity index (χ2v) is 6.50. The summed E-state index contributed by atoms with van der Waals surface area (Å²) in [5.74, 6) is 0.306. The third-order valence-corrected chi connectivity index (χ3v) is 4.76. The summed E-state index contributed by atoms with van der Waals surface area (Å²) >= 11 is 0. The van der Waals surface area contributed by atoms with Crippen molar-refractivity contribution < 1.29 is 9.66 Å². The van der Waals surface area contributed by atoms with Gasteiger partial charge >= 0.3 is 5.69 Å². The first-order valence-corrected chi connectivity index (χ1v) is 8.38. The smallest absolute Gasteiger partial charge is 0.311 e. The van der Waals surface area contributed by atoms with Crippen LogP contribution in [0.15, 0.2) is 30.5 Å². The molecule has 25 heavy (non-hydrogen) atoms. The largest absolute Gasteiger partial charge is 0.490 e. The minimum atomic E-state index is -0.380. The lowest BCUT2D eigenvalue weighted by Gasteiger charge is -2.35. The van der Waals surface area contributed by atoms with Gasteiger partial charge in [-0.2, -0.15) is 0 Å². The van der Waals surface area contributed by atoms with Gasteiger partial charge in [-0.05, 0) is 24.9 Å². The molecule has 2 aliphatic rings. The maximum atomic E-state index is 11.5. The number of nitrogens with zero attached hydrogens (tertiary/aromatic N) is 4. The Morgan fingerprint density at radius 3 is 2.44 bits per heavy atom. The normalized spacial score (nSPS) is 18.3. The molecule has 1 aromatic carbocycles. The van der Waals surface area contributed by atoms with Crippen LogP contribution in [0.25, 0.3) is 5.57 Å². The van der Waals surface area contributed by atoms with Crippen LogP contribution < -0.4 is 9.64 Å². The second-order valence-electron chi connectivity index (χ2n) is 6.50. The third kappa shape index (κ3) is 3.61. The van der Waals surface area contributed by atoms with E-state index in [9.17, 15) is 10.1 Å². The van der Waals surface area contributed by atoms with Gasteiger partial charge in [-0.15, -0.1) is 0 Å². The highest BCUT2D eigenvalue weighted by molar-refractivity contribution is 5.86. The molecule has 0 unspecified atom stereocenters. The molecular formula is C18H24N4O3. The van der Waals surface area contributed by atoms with Gasteiger partial charge in [0.05, 0.1) is 12.0 Å². The molecule has 0 aromatic heterocycles. The fraction of sp³-hybridized carbons (Fsp3) is 0.444. The molecule has 1 saturated heterocycles. The highest BCUT2D eigenvalue weighted by Crippen LogP contribution is 2.39. The van der Waals surface area contributed by atoms with Crippen LogP contribution in [-0.2, 0) is 0 Å². The quantitative estimate of drug-likeness (QED) is 0.616. The van der Waals surface area contributed by atoms with E-state index in [-0.39, 0.29) is 10.6 Å². The summed E-state index contributed by atoms with van der Waals surface area (Å²) in [5.41, 5.74) is 2.90. The van der Waals surface area contributed by atoms with Crippen LogP contribution in [0.4, 0.5) is 11.4 Å². The molecule has 0 radical (unpaired) electrons. The molecule has 0 aliphatic carbocycles. The topological polar surface area (TPSA) is 62.1 Å². The van der Waals surface area contributed by atoms with Crippen LogP contribution in [0.1, 0.15) is 5.56 Å². The Balaban J connectivity index is 2.08. The van der Waals surface area contributed by atoms with Gasteiger partial charge in [0.2, 0.25) is 0 Å². The average molecular weight is 344 g/mol. The molecule has 7 heteroatoms. The Hall–Kier alpha value is -2.54. The fourth-order valence-electron chi connectivity index (χ4n) is 3.18. The number of hydrogen-bond donors (Lipinski definition) is 0. The van der Waals surface area contributed by atoms with Crippen LogP contribution in [0.3, 0.4) is 0 Å². The number of nitro groups is 1. The van der Waals surface area contributed by atoms with Gasteiger partial charge < -0.3 is 19.4 Å². The van der Waals surface area contributed by atoms with Gasteiger partial charge in [0.15, 0.2) is 5.75 Å². The van der Waals surface area contributed by atoms with Crippen LogP contribution in [0.2, 0.25) is 0 Å². The molecule has 0 amide bonds. The van der Waals surface area contributed by atoms with Crippen molar-refractivity contribution in [1.29, 1.82) is 0 Å². The number of methoxy groups -OCH3 is 1. The predicted molar refractivity (Wildman–Crippen MR) is 99.1 cm³/mol. The van der Waals surface area contributed by atoms with Crippen LogP contribution in [0, 0.1) is 10.1 Å². The molecule has 2 aliphatic heterocycles. The summed E-state index contributed by atoms with van der Waals surface area (Å²) in [6.07, 6.45) is 6.11. The Morgan fingerprint density at radius 2 is 1.88 bits per heavy atom. The van der Waals surface area contributed by atoms with Crippen molar-refractivity contribution in [3.05, 3.63) is 46.2 Å². The number of likely N-dealkylation sites (N-methyl/N-ethyl adjacent to an activating group) is 2. The van der Waals surface area contributed by atoms with Gasteiger partial charge in [-0.3, -0.25) is 10.1 Å². The third-order valence-electron chi connectivity index (χ3n) is 4.76. The molecule has 0 atom stereocenters. The van der Waals surface area contributed by atoms with E-state index in [1.54, 1.807) is 6.07 Å².